The van der Waals surface area contributed by atoms with Gasteiger partial charge in [0, 0.05) is 6.07 Å². The zero-order valence-electron chi connectivity index (χ0n) is 10.1. The van der Waals surface area contributed by atoms with Crippen LogP contribution in [0.5, 0.6) is 0 Å². The zero-order chi connectivity index (χ0) is 12.7. The van der Waals surface area contributed by atoms with Crippen LogP contribution in [-0.2, 0) is 0 Å². The Hall–Kier alpha value is -1.94. The van der Waals surface area contributed by atoms with Crippen molar-refractivity contribution in [2.45, 2.75) is 13.8 Å². The number of rotatable bonds is 1. The summed E-state index contributed by atoms with van der Waals surface area (Å²) in [5, 5.41) is 0.422. The van der Waals surface area contributed by atoms with Crippen molar-refractivity contribution >= 4 is 22.6 Å². The van der Waals surface area contributed by atoms with Crippen molar-refractivity contribution in [2.24, 2.45) is 0 Å². The third-order valence-corrected chi connectivity index (χ3v) is 3.24. The lowest BCUT2D eigenvalue weighted by Gasteiger charge is -2.05. The van der Waals surface area contributed by atoms with E-state index < -0.39 is 0 Å². The van der Waals surface area contributed by atoms with E-state index >= 15 is 0 Å². The predicted molar refractivity (Wildman–Crippen MR) is 71.1 cm³/mol. The van der Waals surface area contributed by atoms with E-state index in [1.54, 1.807) is 12.4 Å². The number of hydrogen-bond donors (Lipinski definition) is 0. The number of fused-ring (bicyclic) bond motifs is 1. The first-order valence-corrected chi connectivity index (χ1v) is 5.95. The summed E-state index contributed by atoms with van der Waals surface area (Å²) in [5.41, 5.74) is 4.43. The second kappa shape index (κ2) is 4.07. The second-order valence-corrected chi connectivity index (χ2v) is 4.63. The average molecular weight is 259 g/mol. The van der Waals surface area contributed by atoms with Gasteiger partial charge >= 0.3 is 0 Å². The van der Waals surface area contributed by atoms with E-state index in [-0.39, 0.29) is 0 Å². The van der Waals surface area contributed by atoms with E-state index in [4.69, 9.17) is 11.6 Å². The highest BCUT2D eigenvalue weighted by molar-refractivity contribution is 6.29. The molecule has 3 aromatic rings. The Morgan fingerprint density at radius 3 is 2.56 bits per heavy atom. The van der Waals surface area contributed by atoms with Crippen LogP contribution in [0.25, 0.3) is 16.9 Å². The fourth-order valence-corrected chi connectivity index (χ4v) is 2.04. The monoisotopic (exact) mass is 258 g/mol. The highest BCUT2D eigenvalue weighted by atomic mass is 35.5. The van der Waals surface area contributed by atoms with Crippen molar-refractivity contribution in [3.8, 4) is 5.82 Å². The molecule has 3 rings (SSSR count). The number of imidazole rings is 1. The lowest BCUT2D eigenvalue weighted by Crippen LogP contribution is -1.96. The molecule has 0 saturated carbocycles. The SMILES string of the molecule is Cc1cc2ncn(-c3cc(Cl)ncn3)c2cc1C. The molecule has 0 aliphatic heterocycles. The summed E-state index contributed by atoms with van der Waals surface area (Å²) in [6.07, 6.45) is 3.20. The molecular weight excluding hydrogens is 248 g/mol. The van der Waals surface area contributed by atoms with Gasteiger partial charge < -0.3 is 0 Å². The molecule has 1 aromatic carbocycles. The lowest BCUT2D eigenvalue weighted by molar-refractivity contribution is 0.994. The van der Waals surface area contributed by atoms with Gasteiger partial charge in [-0.15, -0.1) is 0 Å². The van der Waals surface area contributed by atoms with E-state index in [9.17, 15) is 0 Å². The molecule has 0 bridgehead atoms. The maximum atomic E-state index is 5.88. The topological polar surface area (TPSA) is 43.6 Å². The van der Waals surface area contributed by atoms with Crippen LogP contribution in [-0.4, -0.2) is 19.5 Å². The predicted octanol–water partition coefficient (Wildman–Crippen LogP) is 3.09. The first-order valence-electron chi connectivity index (χ1n) is 5.57. The van der Waals surface area contributed by atoms with Gasteiger partial charge in [0.25, 0.3) is 0 Å². The van der Waals surface area contributed by atoms with Crippen molar-refractivity contribution in [1.82, 2.24) is 19.5 Å². The minimum absolute atomic E-state index is 0.422. The van der Waals surface area contributed by atoms with Crippen molar-refractivity contribution < 1.29 is 0 Å². The molecule has 0 radical (unpaired) electrons. The molecule has 18 heavy (non-hydrogen) atoms. The molecule has 0 spiro atoms. The smallest absolute Gasteiger partial charge is 0.143 e. The van der Waals surface area contributed by atoms with Crippen LogP contribution < -0.4 is 0 Å². The normalized spacial score (nSPS) is 11.1. The van der Waals surface area contributed by atoms with Crippen LogP contribution in [0.3, 0.4) is 0 Å². The molecule has 2 aromatic heterocycles. The van der Waals surface area contributed by atoms with Crippen molar-refractivity contribution in [1.29, 1.82) is 0 Å². The average Bonchev–Trinajstić information content (AvgIpc) is 2.73. The van der Waals surface area contributed by atoms with Gasteiger partial charge in [-0.05, 0) is 37.1 Å². The van der Waals surface area contributed by atoms with Gasteiger partial charge in [-0.2, -0.15) is 0 Å². The lowest BCUT2D eigenvalue weighted by atomic mass is 10.1. The van der Waals surface area contributed by atoms with Crippen LogP contribution >= 0.6 is 11.6 Å². The minimum atomic E-state index is 0.422. The third kappa shape index (κ3) is 1.75. The quantitative estimate of drug-likeness (QED) is 0.630. The number of nitrogens with zero attached hydrogens (tertiary/aromatic N) is 4. The van der Waals surface area contributed by atoms with Gasteiger partial charge in [-0.3, -0.25) is 4.57 Å². The highest BCUT2D eigenvalue weighted by Gasteiger charge is 2.08. The standard InChI is InChI=1S/C13H11ClN4/c1-8-3-10-11(4-9(8)2)18(7-17-10)13-5-12(14)15-6-16-13/h3-7H,1-2H3. The van der Waals surface area contributed by atoms with Crippen LogP contribution in [0.4, 0.5) is 0 Å². The van der Waals surface area contributed by atoms with E-state index in [0.717, 1.165) is 16.9 Å². The van der Waals surface area contributed by atoms with Gasteiger partial charge in [0.05, 0.1) is 11.0 Å². The highest BCUT2D eigenvalue weighted by Crippen LogP contribution is 2.21. The number of aryl methyl sites for hydroxylation is 2. The number of hydrogen-bond acceptors (Lipinski definition) is 3. The number of benzene rings is 1. The summed E-state index contributed by atoms with van der Waals surface area (Å²) < 4.78 is 1.91. The Labute approximate surface area is 109 Å². The van der Waals surface area contributed by atoms with Crippen LogP contribution in [0.1, 0.15) is 11.1 Å². The molecular formula is C13H11ClN4. The van der Waals surface area contributed by atoms with Crippen LogP contribution in [0.2, 0.25) is 5.15 Å². The zero-order valence-corrected chi connectivity index (χ0v) is 10.8. The number of aromatic nitrogens is 4. The van der Waals surface area contributed by atoms with Gasteiger partial charge in [-0.25, -0.2) is 15.0 Å². The van der Waals surface area contributed by atoms with Crippen molar-refractivity contribution in [3.63, 3.8) is 0 Å². The molecule has 0 fully saturated rings. The fourth-order valence-electron chi connectivity index (χ4n) is 1.90. The van der Waals surface area contributed by atoms with Crippen molar-refractivity contribution in [3.05, 3.63) is 47.1 Å². The van der Waals surface area contributed by atoms with E-state index in [1.165, 1.54) is 17.5 Å². The van der Waals surface area contributed by atoms with Gasteiger partial charge in [0.15, 0.2) is 0 Å². The maximum absolute atomic E-state index is 5.88. The van der Waals surface area contributed by atoms with Gasteiger partial charge in [0.2, 0.25) is 0 Å². The van der Waals surface area contributed by atoms with E-state index in [1.807, 2.05) is 4.57 Å². The summed E-state index contributed by atoms with van der Waals surface area (Å²) in [7, 11) is 0. The third-order valence-electron chi connectivity index (χ3n) is 3.03. The van der Waals surface area contributed by atoms with Crippen LogP contribution in [0, 0.1) is 13.8 Å². The molecule has 90 valence electrons. The van der Waals surface area contributed by atoms with Gasteiger partial charge in [-0.1, -0.05) is 11.6 Å². The van der Waals surface area contributed by atoms with Crippen molar-refractivity contribution in [2.75, 3.05) is 0 Å². The maximum Gasteiger partial charge on any atom is 0.143 e. The molecule has 0 aliphatic carbocycles. The summed E-state index contributed by atoms with van der Waals surface area (Å²) in [6, 6.07) is 5.90. The first-order chi connectivity index (χ1) is 8.65. The molecule has 0 aliphatic rings. The van der Waals surface area contributed by atoms with Gasteiger partial charge in [0.1, 0.15) is 23.6 Å². The Balaban J connectivity index is 2.27. The fraction of sp³-hybridized carbons (Fsp3) is 0.154. The summed E-state index contributed by atoms with van der Waals surface area (Å²) in [6.45, 7) is 4.16. The molecule has 2 heterocycles. The van der Waals surface area contributed by atoms with E-state index in [0.29, 0.717) is 5.15 Å². The Morgan fingerprint density at radius 2 is 1.78 bits per heavy atom. The Kier molecular flexibility index (Phi) is 2.52. The Bertz CT molecular complexity index is 733. The number of halogens is 1. The molecule has 0 unspecified atom stereocenters. The minimum Gasteiger partial charge on any atom is -0.283 e. The van der Waals surface area contributed by atoms with E-state index in [2.05, 4.69) is 40.9 Å². The first kappa shape index (κ1) is 11.2. The largest absolute Gasteiger partial charge is 0.283 e. The molecule has 0 atom stereocenters. The second-order valence-electron chi connectivity index (χ2n) is 4.24. The molecule has 5 heteroatoms. The molecule has 0 saturated heterocycles. The molecule has 0 N–H and O–H groups in total. The summed E-state index contributed by atoms with van der Waals surface area (Å²) in [4.78, 5) is 12.5. The molecule has 0 amide bonds. The Morgan fingerprint density at radius 1 is 1.00 bits per heavy atom. The molecule has 4 nitrogen and oxygen atoms in total. The summed E-state index contributed by atoms with van der Waals surface area (Å²) in [5.74, 6) is 0.723. The van der Waals surface area contributed by atoms with Crippen LogP contribution in [0.15, 0.2) is 30.9 Å². The summed E-state index contributed by atoms with van der Waals surface area (Å²) >= 11 is 5.88.